The summed E-state index contributed by atoms with van der Waals surface area (Å²) in [4.78, 5) is 1.21. The standard InChI is InChI=1S/C14H23N3OS/c1-4-8-15-13(11-7-5-6-9-18-11)14-12(10(2)3)16-17-19-14/h7,10,13,15H,4-6,8-9H2,1-3H3. The van der Waals surface area contributed by atoms with Gasteiger partial charge in [-0.15, -0.1) is 5.10 Å². The molecule has 1 aliphatic heterocycles. The molecule has 1 aliphatic rings. The van der Waals surface area contributed by atoms with Crippen LogP contribution in [0.15, 0.2) is 11.8 Å². The number of allylic oxidation sites excluding steroid dienone is 1. The fourth-order valence-corrected chi connectivity index (χ4v) is 3.09. The fourth-order valence-electron chi connectivity index (χ4n) is 2.19. The first-order valence-corrected chi connectivity index (χ1v) is 7.89. The van der Waals surface area contributed by atoms with Crippen LogP contribution in [-0.4, -0.2) is 22.7 Å². The third kappa shape index (κ3) is 3.54. The summed E-state index contributed by atoms with van der Waals surface area (Å²) in [5, 5.41) is 7.86. The summed E-state index contributed by atoms with van der Waals surface area (Å²) in [5.74, 6) is 1.44. The van der Waals surface area contributed by atoms with E-state index in [1.54, 1.807) is 0 Å². The van der Waals surface area contributed by atoms with Crippen molar-refractivity contribution in [1.82, 2.24) is 14.9 Å². The Morgan fingerprint density at radius 3 is 2.95 bits per heavy atom. The first-order valence-electron chi connectivity index (χ1n) is 7.12. The average molecular weight is 281 g/mol. The van der Waals surface area contributed by atoms with Crippen molar-refractivity contribution in [3.05, 3.63) is 22.4 Å². The number of hydrogen-bond donors (Lipinski definition) is 1. The lowest BCUT2D eigenvalue weighted by Crippen LogP contribution is -2.26. The second-order valence-electron chi connectivity index (χ2n) is 5.16. The van der Waals surface area contributed by atoms with Gasteiger partial charge in [0, 0.05) is 0 Å². The molecule has 2 rings (SSSR count). The monoisotopic (exact) mass is 281 g/mol. The Balaban J connectivity index is 2.25. The Morgan fingerprint density at radius 2 is 2.32 bits per heavy atom. The second-order valence-corrected chi connectivity index (χ2v) is 5.95. The molecule has 4 nitrogen and oxygen atoms in total. The van der Waals surface area contributed by atoms with Gasteiger partial charge in [-0.05, 0) is 49.3 Å². The molecular weight excluding hydrogens is 258 g/mol. The molecule has 0 aromatic carbocycles. The molecule has 1 unspecified atom stereocenters. The Kier molecular flexibility index (Phi) is 5.34. The maximum Gasteiger partial charge on any atom is 0.114 e. The van der Waals surface area contributed by atoms with Crippen molar-refractivity contribution < 1.29 is 4.74 Å². The van der Waals surface area contributed by atoms with Gasteiger partial charge in [-0.25, -0.2) is 0 Å². The quantitative estimate of drug-likeness (QED) is 0.868. The summed E-state index contributed by atoms with van der Waals surface area (Å²) in [6.45, 7) is 8.29. The Bertz CT molecular complexity index is 428. The molecule has 0 spiro atoms. The van der Waals surface area contributed by atoms with Crippen LogP contribution >= 0.6 is 11.5 Å². The largest absolute Gasteiger partial charge is 0.496 e. The van der Waals surface area contributed by atoms with Gasteiger partial charge in [0.2, 0.25) is 0 Å². The maximum atomic E-state index is 5.85. The van der Waals surface area contributed by atoms with Gasteiger partial charge in [-0.2, -0.15) is 0 Å². The lowest BCUT2D eigenvalue weighted by molar-refractivity contribution is 0.168. The highest BCUT2D eigenvalue weighted by Gasteiger charge is 2.26. The predicted molar refractivity (Wildman–Crippen MR) is 78.3 cm³/mol. The van der Waals surface area contributed by atoms with E-state index in [1.807, 2.05) is 0 Å². The van der Waals surface area contributed by atoms with E-state index in [0.717, 1.165) is 43.9 Å². The van der Waals surface area contributed by atoms with Gasteiger partial charge >= 0.3 is 0 Å². The number of nitrogens with one attached hydrogen (secondary N) is 1. The van der Waals surface area contributed by atoms with Gasteiger partial charge in [0.05, 0.1) is 17.2 Å². The highest BCUT2D eigenvalue weighted by molar-refractivity contribution is 7.05. The van der Waals surface area contributed by atoms with Gasteiger partial charge in [0.15, 0.2) is 0 Å². The average Bonchev–Trinajstić information content (AvgIpc) is 2.90. The van der Waals surface area contributed by atoms with Crippen LogP contribution in [0.1, 0.15) is 62.6 Å². The van der Waals surface area contributed by atoms with Gasteiger partial charge in [-0.3, -0.25) is 0 Å². The summed E-state index contributed by atoms with van der Waals surface area (Å²) >= 11 is 1.49. The van der Waals surface area contributed by atoms with Gasteiger partial charge in [0.1, 0.15) is 11.8 Å². The van der Waals surface area contributed by atoms with Gasteiger partial charge < -0.3 is 10.1 Å². The molecule has 5 heteroatoms. The van der Waals surface area contributed by atoms with E-state index in [9.17, 15) is 0 Å². The minimum atomic E-state index is 0.123. The maximum absolute atomic E-state index is 5.85. The van der Waals surface area contributed by atoms with Crippen LogP contribution in [-0.2, 0) is 4.74 Å². The Hall–Kier alpha value is -0.940. The molecule has 0 saturated carbocycles. The molecule has 0 fully saturated rings. The van der Waals surface area contributed by atoms with Gasteiger partial charge in [-0.1, -0.05) is 25.3 Å². The highest BCUT2D eigenvalue weighted by atomic mass is 32.1. The lowest BCUT2D eigenvalue weighted by Gasteiger charge is -2.24. The lowest BCUT2D eigenvalue weighted by atomic mass is 10.0. The van der Waals surface area contributed by atoms with Crippen LogP contribution in [0.4, 0.5) is 0 Å². The number of hydrogen-bond acceptors (Lipinski definition) is 5. The second kappa shape index (κ2) is 7.01. The Labute approximate surface area is 119 Å². The summed E-state index contributed by atoms with van der Waals surface area (Å²) < 4.78 is 9.98. The summed E-state index contributed by atoms with van der Waals surface area (Å²) in [6, 6.07) is 0.123. The zero-order chi connectivity index (χ0) is 13.7. The van der Waals surface area contributed by atoms with E-state index in [4.69, 9.17) is 4.74 Å². The molecule has 1 N–H and O–H groups in total. The fraction of sp³-hybridized carbons (Fsp3) is 0.714. The van der Waals surface area contributed by atoms with Gasteiger partial charge in [0.25, 0.3) is 0 Å². The summed E-state index contributed by atoms with van der Waals surface area (Å²) in [6.07, 6.45) is 5.53. The minimum Gasteiger partial charge on any atom is -0.496 e. The first-order chi connectivity index (χ1) is 9.24. The molecule has 19 heavy (non-hydrogen) atoms. The molecule has 2 heterocycles. The first kappa shape index (κ1) is 14.5. The molecular formula is C14H23N3OS. The zero-order valence-corrected chi connectivity index (χ0v) is 12.8. The number of nitrogens with zero attached hydrogens (tertiary/aromatic N) is 2. The van der Waals surface area contributed by atoms with Crippen LogP contribution in [0.25, 0.3) is 0 Å². The van der Waals surface area contributed by atoms with Crippen molar-refractivity contribution in [3.63, 3.8) is 0 Å². The number of aromatic nitrogens is 2. The van der Waals surface area contributed by atoms with Crippen molar-refractivity contribution in [1.29, 1.82) is 0 Å². The van der Waals surface area contributed by atoms with E-state index in [1.165, 1.54) is 16.4 Å². The normalized spacial score (nSPS) is 17.2. The van der Waals surface area contributed by atoms with Crippen molar-refractivity contribution in [2.24, 2.45) is 0 Å². The smallest absolute Gasteiger partial charge is 0.114 e. The molecule has 0 radical (unpaired) electrons. The molecule has 1 aromatic rings. The van der Waals surface area contributed by atoms with Crippen molar-refractivity contribution in [2.45, 2.75) is 52.0 Å². The summed E-state index contributed by atoms with van der Waals surface area (Å²) in [7, 11) is 0. The van der Waals surface area contributed by atoms with E-state index in [2.05, 4.69) is 41.8 Å². The van der Waals surface area contributed by atoms with E-state index in [-0.39, 0.29) is 6.04 Å². The molecule has 106 valence electrons. The predicted octanol–water partition coefficient (Wildman–Crippen LogP) is 3.40. The van der Waals surface area contributed by atoms with Crippen LogP contribution in [0.2, 0.25) is 0 Å². The Morgan fingerprint density at radius 1 is 1.47 bits per heavy atom. The third-order valence-corrected chi connectivity index (χ3v) is 4.00. The van der Waals surface area contributed by atoms with Crippen molar-refractivity contribution in [2.75, 3.05) is 13.2 Å². The molecule has 1 aromatic heterocycles. The van der Waals surface area contributed by atoms with Crippen molar-refractivity contribution in [3.8, 4) is 0 Å². The van der Waals surface area contributed by atoms with E-state index in [0.29, 0.717) is 5.92 Å². The van der Waals surface area contributed by atoms with Crippen molar-refractivity contribution >= 4 is 11.5 Å². The zero-order valence-electron chi connectivity index (χ0n) is 12.0. The molecule has 0 saturated heterocycles. The highest BCUT2D eigenvalue weighted by Crippen LogP contribution is 2.32. The number of ether oxygens (including phenoxy) is 1. The van der Waals surface area contributed by atoms with Crippen LogP contribution < -0.4 is 5.32 Å². The molecule has 0 aliphatic carbocycles. The third-order valence-electron chi connectivity index (χ3n) is 3.19. The van der Waals surface area contributed by atoms with E-state index < -0.39 is 0 Å². The van der Waals surface area contributed by atoms with Crippen LogP contribution in [0, 0.1) is 0 Å². The molecule has 0 amide bonds. The topological polar surface area (TPSA) is 47.0 Å². The van der Waals surface area contributed by atoms with Crippen LogP contribution in [0.5, 0.6) is 0 Å². The van der Waals surface area contributed by atoms with E-state index >= 15 is 0 Å². The molecule has 1 atom stereocenters. The van der Waals surface area contributed by atoms with Crippen LogP contribution in [0.3, 0.4) is 0 Å². The number of rotatable bonds is 6. The molecule has 0 bridgehead atoms. The summed E-state index contributed by atoms with van der Waals surface area (Å²) in [5.41, 5.74) is 1.09. The minimum absolute atomic E-state index is 0.123. The SMILES string of the molecule is CCCNC(C1=CCCCO1)c1snnc1C(C)C.